The van der Waals surface area contributed by atoms with Gasteiger partial charge in [0, 0.05) is 12.3 Å². The summed E-state index contributed by atoms with van der Waals surface area (Å²) in [5.74, 6) is 2.22. The quantitative estimate of drug-likeness (QED) is 0.749. The SMILES string of the molecule is C=C1CC[C@H](C(C)C)[C@@H]2[C@H]1[C@H]1C[C@](C)(O)C3CCC(C)(O3)[C@@H]2O1. The maximum absolute atomic E-state index is 11.0. The molecule has 1 N–H and O–H groups in total. The first-order valence-electron chi connectivity index (χ1n) is 9.46. The monoisotopic (exact) mass is 320 g/mol. The van der Waals surface area contributed by atoms with Crippen LogP contribution in [0.1, 0.15) is 59.8 Å². The molecule has 0 amide bonds. The summed E-state index contributed by atoms with van der Waals surface area (Å²) in [4.78, 5) is 0. The van der Waals surface area contributed by atoms with Gasteiger partial charge in [0.1, 0.15) is 0 Å². The zero-order valence-corrected chi connectivity index (χ0v) is 15.0. The van der Waals surface area contributed by atoms with Crippen LogP contribution in [0, 0.1) is 23.7 Å². The second-order valence-electron chi connectivity index (χ2n) is 9.32. The van der Waals surface area contributed by atoms with Crippen LogP contribution < -0.4 is 0 Å². The predicted molar refractivity (Wildman–Crippen MR) is 90.1 cm³/mol. The molecule has 2 unspecified atom stereocenters. The predicted octanol–water partition coefficient (Wildman–Crippen LogP) is 3.70. The van der Waals surface area contributed by atoms with Gasteiger partial charge in [-0.05, 0) is 57.3 Å². The standard InChI is InChI=1S/C20H32O3/c1-11(2)13-7-6-12(3)16-14-10-19(4,21)15-8-9-20(5,23-15)18(22-14)17(13)16/h11,13-18,21H,3,6-10H2,1-2,4-5H3/t13-,14-,15?,16-,17-,18-,19+,20?/m1/s1. The minimum absolute atomic E-state index is 0.0488. The topological polar surface area (TPSA) is 38.7 Å². The van der Waals surface area contributed by atoms with Crippen LogP contribution in [-0.4, -0.2) is 34.6 Å². The highest BCUT2D eigenvalue weighted by Crippen LogP contribution is 2.58. The first-order valence-corrected chi connectivity index (χ1v) is 9.46. The maximum Gasteiger partial charge on any atom is 0.0924 e. The van der Waals surface area contributed by atoms with E-state index >= 15 is 0 Å². The molecule has 3 heterocycles. The van der Waals surface area contributed by atoms with Gasteiger partial charge in [0.05, 0.1) is 29.5 Å². The highest BCUT2D eigenvalue weighted by atomic mass is 16.6. The third kappa shape index (κ3) is 2.26. The van der Waals surface area contributed by atoms with Crippen molar-refractivity contribution in [3.8, 4) is 0 Å². The number of fused-ring (bicyclic) bond motifs is 8. The van der Waals surface area contributed by atoms with E-state index in [1.807, 2.05) is 6.92 Å². The number of ether oxygens (including phenoxy) is 2. The summed E-state index contributed by atoms with van der Waals surface area (Å²) in [5.41, 5.74) is 0.293. The van der Waals surface area contributed by atoms with Crippen LogP contribution in [0.25, 0.3) is 0 Å². The highest BCUT2D eigenvalue weighted by Gasteiger charge is 2.63. The van der Waals surface area contributed by atoms with Crippen molar-refractivity contribution in [3.05, 3.63) is 12.2 Å². The van der Waals surface area contributed by atoms with Crippen LogP contribution in [0.3, 0.4) is 0 Å². The van der Waals surface area contributed by atoms with Gasteiger partial charge in [0.15, 0.2) is 0 Å². The van der Waals surface area contributed by atoms with Crippen LogP contribution in [0.5, 0.6) is 0 Å². The molecule has 0 spiro atoms. The minimum Gasteiger partial charge on any atom is -0.387 e. The Balaban J connectivity index is 1.78. The Labute approximate surface area is 140 Å². The van der Waals surface area contributed by atoms with E-state index in [9.17, 15) is 5.11 Å². The largest absolute Gasteiger partial charge is 0.387 e. The molecule has 8 atom stereocenters. The molecule has 0 radical (unpaired) electrons. The molecule has 0 aromatic heterocycles. The Morgan fingerprint density at radius 2 is 2.00 bits per heavy atom. The molecule has 3 saturated heterocycles. The number of hydrogen-bond acceptors (Lipinski definition) is 3. The van der Waals surface area contributed by atoms with Gasteiger partial charge >= 0.3 is 0 Å². The zero-order chi connectivity index (χ0) is 16.6. The van der Waals surface area contributed by atoms with Crippen LogP contribution in [0.2, 0.25) is 0 Å². The number of aliphatic hydroxyl groups is 1. The van der Waals surface area contributed by atoms with E-state index in [1.54, 1.807) is 0 Å². The fraction of sp³-hybridized carbons (Fsp3) is 0.900. The molecule has 23 heavy (non-hydrogen) atoms. The third-order valence-corrected chi connectivity index (χ3v) is 7.33. The van der Waals surface area contributed by atoms with Gasteiger partial charge in [-0.3, -0.25) is 0 Å². The molecule has 0 aromatic carbocycles. The normalized spacial score (nSPS) is 55.7. The lowest BCUT2D eigenvalue weighted by Gasteiger charge is -2.43. The van der Waals surface area contributed by atoms with E-state index in [4.69, 9.17) is 9.47 Å². The second kappa shape index (κ2) is 5.06. The van der Waals surface area contributed by atoms with E-state index in [0.29, 0.717) is 30.1 Å². The average Bonchev–Trinajstić information content (AvgIpc) is 3.02. The highest BCUT2D eigenvalue weighted by molar-refractivity contribution is 5.20. The molecule has 1 aliphatic carbocycles. The van der Waals surface area contributed by atoms with Gasteiger partial charge in [-0.1, -0.05) is 26.0 Å². The fourth-order valence-corrected chi connectivity index (χ4v) is 6.09. The molecular weight excluding hydrogens is 288 g/mol. The van der Waals surface area contributed by atoms with Gasteiger partial charge in [-0.15, -0.1) is 0 Å². The van der Waals surface area contributed by atoms with Gasteiger partial charge in [0.25, 0.3) is 0 Å². The first-order chi connectivity index (χ1) is 10.7. The molecule has 3 heteroatoms. The molecule has 4 fully saturated rings. The maximum atomic E-state index is 11.0. The van der Waals surface area contributed by atoms with Crippen molar-refractivity contribution >= 4 is 0 Å². The van der Waals surface area contributed by atoms with E-state index in [1.165, 1.54) is 12.0 Å². The Kier molecular flexibility index (Phi) is 3.54. The number of rotatable bonds is 1. The van der Waals surface area contributed by atoms with Crippen molar-refractivity contribution in [2.75, 3.05) is 0 Å². The van der Waals surface area contributed by atoms with Crippen molar-refractivity contribution in [2.45, 2.75) is 89.3 Å². The Morgan fingerprint density at radius 1 is 1.26 bits per heavy atom. The van der Waals surface area contributed by atoms with E-state index in [-0.39, 0.29) is 23.9 Å². The van der Waals surface area contributed by atoms with Crippen molar-refractivity contribution in [1.29, 1.82) is 0 Å². The lowest BCUT2D eigenvalue weighted by atomic mass is 9.61. The van der Waals surface area contributed by atoms with Gasteiger partial charge < -0.3 is 14.6 Å². The Morgan fingerprint density at radius 3 is 2.70 bits per heavy atom. The summed E-state index contributed by atoms with van der Waals surface area (Å²) in [7, 11) is 0. The lowest BCUT2D eigenvalue weighted by Crippen LogP contribution is -2.50. The molecule has 3 aliphatic heterocycles. The van der Waals surface area contributed by atoms with Gasteiger partial charge in [-0.2, -0.15) is 0 Å². The molecule has 1 saturated carbocycles. The van der Waals surface area contributed by atoms with E-state index in [0.717, 1.165) is 19.3 Å². The fourth-order valence-electron chi connectivity index (χ4n) is 6.09. The summed E-state index contributed by atoms with van der Waals surface area (Å²) in [6, 6.07) is 0. The summed E-state index contributed by atoms with van der Waals surface area (Å²) < 4.78 is 13.1. The van der Waals surface area contributed by atoms with E-state index in [2.05, 4.69) is 27.4 Å². The summed E-state index contributed by atoms with van der Waals surface area (Å²) in [5, 5.41) is 11.0. The average molecular weight is 320 g/mol. The van der Waals surface area contributed by atoms with Crippen LogP contribution in [0.4, 0.5) is 0 Å². The van der Waals surface area contributed by atoms with Crippen molar-refractivity contribution in [1.82, 2.24) is 0 Å². The molecule has 0 aromatic rings. The van der Waals surface area contributed by atoms with Gasteiger partial charge in [0.2, 0.25) is 0 Å². The lowest BCUT2D eigenvalue weighted by molar-refractivity contribution is -0.207. The van der Waals surface area contributed by atoms with E-state index < -0.39 is 5.60 Å². The van der Waals surface area contributed by atoms with Crippen molar-refractivity contribution in [3.63, 3.8) is 0 Å². The van der Waals surface area contributed by atoms with Crippen LogP contribution >= 0.6 is 0 Å². The first kappa shape index (κ1) is 16.1. The second-order valence-corrected chi connectivity index (χ2v) is 9.32. The number of hydrogen-bond donors (Lipinski definition) is 1. The van der Waals surface area contributed by atoms with Crippen molar-refractivity contribution < 1.29 is 14.6 Å². The Bertz CT molecular complexity index is 511. The zero-order valence-electron chi connectivity index (χ0n) is 15.0. The van der Waals surface area contributed by atoms with Crippen molar-refractivity contribution in [2.24, 2.45) is 23.7 Å². The minimum atomic E-state index is -0.798. The smallest absolute Gasteiger partial charge is 0.0924 e. The molecule has 130 valence electrons. The molecule has 4 bridgehead atoms. The van der Waals surface area contributed by atoms with Crippen LogP contribution in [-0.2, 0) is 9.47 Å². The summed E-state index contributed by atoms with van der Waals surface area (Å²) >= 11 is 0. The van der Waals surface area contributed by atoms with Gasteiger partial charge in [-0.25, -0.2) is 0 Å². The summed E-state index contributed by atoms with van der Waals surface area (Å²) in [6.45, 7) is 13.2. The molecule has 4 rings (SSSR count). The molecular formula is C20H32O3. The van der Waals surface area contributed by atoms with Crippen LogP contribution in [0.15, 0.2) is 12.2 Å². The third-order valence-electron chi connectivity index (χ3n) is 7.33. The summed E-state index contributed by atoms with van der Waals surface area (Å²) in [6.07, 6.45) is 5.16. The molecule has 4 aliphatic rings. The Hall–Kier alpha value is -0.380. The molecule has 3 nitrogen and oxygen atoms in total.